The van der Waals surface area contributed by atoms with Gasteiger partial charge in [0.1, 0.15) is 0 Å². The van der Waals surface area contributed by atoms with Gasteiger partial charge in [-0.2, -0.15) is 0 Å². The van der Waals surface area contributed by atoms with Crippen molar-refractivity contribution in [2.75, 3.05) is 19.8 Å². The molecule has 5 nitrogen and oxygen atoms in total. The summed E-state index contributed by atoms with van der Waals surface area (Å²) in [4.78, 5) is 11.9. The topological polar surface area (TPSA) is 76.4 Å². The molecular formula is C10H19N3O2S. The molecule has 0 aromatic heterocycles. The highest BCUT2D eigenvalue weighted by molar-refractivity contribution is 7.80. The van der Waals surface area contributed by atoms with Gasteiger partial charge in [-0.1, -0.05) is 12.2 Å². The Hall–Kier alpha value is -0.880. The number of ether oxygens (including phenoxy) is 1. The van der Waals surface area contributed by atoms with Crippen LogP contribution in [0.1, 0.15) is 25.7 Å². The van der Waals surface area contributed by atoms with Gasteiger partial charge in [-0.05, 0) is 25.7 Å². The first-order valence-electron chi connectivity index (χ1n) is 5.59. The molecule has 1 unspecified atom stereocenters. The number of rotatable bonds is 6. The fourth-order valence-electron chi connectivity index (χ4n) is 1.51. The second-order valence-corrected chi connectivity index (χ2v) is 4.41. The number of hydrogen-bond acceptors (Lipinski definition) is 3. The zero-order valence-corrected chi connectivity index (χ0v) is 10.1. The monoisotopic (exact) mass is 245 g/mol. The molecule has 0 aromatic carbocycles. The van der Waals surface area contributed by atoms with Crippen LogP contribution in [0.25, 0.3) is 0 Å². The van der Waals surface area contributed by atoms with Gasteiger partial charge in [0.2, 0.25) is 0 Å². The van der Waals surface area contributed by atoms with Gasteiger partial charge in [0.25, 0.3) is 0 Å². The predicted molar refractivity (Wildman–Crippen MR) is 66.4 cm³/mol. The van der Waals surface area contributed by atoms with Gasteiger partial charge >= 0.3 is 6.03 Å². The van der Waals surface area contributed by atoms with Crippen molar-refractivity contribution in [2.24, 2.45) is 5.73 Å². The second-order valence-electron chi connectivity index (χ2n) is 3.88. The van der Waals surface area contributed by atoms with E-state index in [1.165, 1.54) is 0 Å². The molecule has 0 bridgehead atoms. The summed E-state index contributed by atoms with van der Waals surface area (Å²) in [5.74, 6) is 0. The number of unbranched alkanes of at least 4 members (excludes halogenated alkanes) is 1. The number of nitrogens with two attached hydrogens (primary N) is 1. The average molecular weight is 245 g/mol. The first kappa shape index (κ1) is 13.2. The maximum Gasteiger partial charge on any atom is 0.315 e. The minimum absolute atomic E-state index is 0.120. The van der Waals surface area contributed by atoms with Crippen LogP contribution < -0.4 is 16.4 Å². The SMILES string of the molecule is NC(=S)CCCCNC(=O)NC1CCOC1. The molecule has 1 aliphatic rings. The highest BCUT2D eigenvalue weighted by Crippen LogP contribution is 2.02. The number of nitrogens with one attached hydrogen (secondary N) is 2. The third kappa shape index (κ3) is 5.87. The largest absolute Gasteiger partial charge is 0.393 e. The Morgan fingerprint density at radius 2 is 2.31 bits per heavy atom. The fourth-order valence-corrected chi connectivity index (χ4v) is 1.66. The van der Waals surface area contributed by atoms with E-state index in [2.05, 4.69) is 10.6 Å². The molecule has 1 rings (SSSR count). The number of carbonyl (C=O) groups is 1. The van der Waals surface area contributed by atoms with Crippen LogP contribution in [-0.2, 0) is 4.74 Å². The van der Waals surface area contributed by atoms with E-state index in [1.54, 1.807) is 0 Å². The summed E-state index contributed by atoms with van der Waals surface area (Å²) < 4.78 is 5.16. The summed E-state index contributed by atoms with van der Waals surface area (Å²) in [5.41, 5.74) is 5.36. The summed E-state index contributed by atoms with van der Waals surface area (Å²) in [6.45, 7) is 2.01. The molecule has 1 aliphatic heterocycles. The van der Waals surface area contributed by atoms with E-state index in [-0.39, 0.29) is 12.1 Å². The van der Waals surface area contributed by atoms with E-state index >= 15 is 0 Å². The highest BCUT2D eigenvalue weighted by Gasteiger charge is 2.16. The van der Waals surface area contributed by atoms with Gasteiger partial charge in [0.15, 0.2) is 0 Å². The minimum atomic E-state index is -0.120. The van der Waals surface area contributed by atoms with Crippen molar-refractivity contribution >= 4 is 23.2 Å². The second kappa shape index (κ2) is 7.40. The van der Waals surface area contributed by atoms with E-state index in [0.29, 0.717) is 18.1 Å². The molecule has 0 saturated carbocycles. The smallest absolute Gasteiger partial charge is 0.315 e. The van der Waals surface area contributed by atoms with Crippen molar-refractivity contribution in [1.29, 1.82) is 0 Å². The fraction of sp³-hybridized carbons (Fsp3) is 0.800. The Balaban J connectivity index is 1.95. The molecule has 1 fully saturated rings. The van der Waals surface area contributed by atoms with Crippen molar-refractivity contribution in [3.05, 3.63) is 0 Å². The molecule has 0 aromatic rings. The molecule has 2 amide bonds. The number of carbonyl (C=O) groups excluding carboxylic acids is 1. The van der Waals surface area contributed by atoms with Crippen LogP contribution in [0.3, 0.4) is 0 Å². The highest BCUT2D eigenvalue weighted by atomic mass is 32.1. The van der Waals surface area contributed by atoms with Gasteiger partial charge in [-0.3, -0.25) is 0 Å². The molecule has 16 heavy (non-hydrogen) atoms. The summed E-state index contributed by atoms with van der Waals surface area (Å²) in [7, 11) is 0. The predicted octanol–water partition coefficient (Wildman–Crippen LogP) is 0.531. The molecule has 6 heteroatoms. The van der Waals surface area contributed by atoms with E-state index in [4.69, 9.17) is 22.7 Å². The van der Waals surface area contributed by atoms with Crippen molar-refractivity contribution in [2.45, 2.75) is 31.7 Å². The molecule has 1 saturated heterocycles. The summed E-state index contributed by atoms with van der Waals surface area (Å²) in [6, 6.07) is 0.0439. The van der Waals surface area contributed by atoms with E-state index in [1.807, 2.05) is 0 Å². The molecule has 1 atom stereocenters. The van der Waals surface area contributed by atoms with E-state index in [0.717, 1.165) is 32.3 Å². The molecule has 92 valence electrons. The quantitative estimate of drug-likeness (QED) is 0.471. The maximum absolute atomic E-state index is 11.4. The molecule has 0 radical (unpaired) electrons. The third-order valence-corrected chi connectivity index (χ3v) is 2.60. The first-order chi connectivity index (χ1) is 7.68. The van der Waals surface area contributed by atoms with Crippen molar-refractivity contribution < 1.29 is 9.53 Å². The lowest BCUT2D eigenvalue weighted by atomic mass is 10.2. The van der Waals surface area contributed by atoms with Gasteiger partial charge in [0, 0.05) is 13.2 Å². The number of amides is 2. The van der Waals surface area contributed by atoms with Crippen LogP contribution in [0.5, 0.6) is 0 Å². The lowest BCUT2D eigenvalue weighted by Gasteiger charge is -2.11. The summed E-state index contributed by atoms with van der Waals surface area (Å²) in [5, 5.41) is 5.65. The number of hydrogen-bond donors (Lipinski definition) is 3. The zero-order chi connectivity index (χ0) is 11.8. The summed E-state index contributed by atoms with van der Waals surface area (Å²) in [6.07, 6.45) is 3.46. The molecule has 4 N–H and O–H groups in total. The van der Waals surface area contributed by atoms with Gasteiger partial charge in [-0.15, -0.1) is 0 Å². The number of urea groups is 1. The van der Waals surface area contributed by atoms with Crippen molar-refractivity contribution in [1.82, 2.24) is 10.6 Å². The summed E-state index contributed by atoms with van der Waals surface area (Å²) >= 11 is 4.76. The van der Waals surface area contributed by atoms with Gasteiger partial charge in [0.05, 0.1) is 17.6 Å². The molecular weight excluding hydrogens is 226 g/mol. The van der Waals surface area contributed by atoms with Crippen LogP contribution in [0.4, 0.5) is 4.79 Å². The Kier molecular flexibility index (Phi) is 6.10. The van der Waals surface area contributed by atoms with E-state index < -0.39 is 0 Å². The third-order valence-electron chi connectivity index (χ3n) is 2.40. The van der Waals surface area contributed by atoms with Gasteiger partial charge < -0.3 is 21.1 Å². The Labute approximate surface area is 101 Å². The van der Waals surface area contributed by atoms with Gasteiger partial charge in [-0.25, -0.2) is 4.79 Å². The lowest BCUT2D eigenvalue weighted by Crippen LogP contribution is -2.42. The Morgan fingerprint density at radius 1 is 1.50 bits per heavy atom. The maximum atomic E-state index is 11.4. The van der Waals surface area contributed by atoms with Crippen LogP contribution in [0, 0.1) is 0 Å². The van der Waals surface area contributed by atoms with Crippen LogP contribution in [0.15, 0.2) is 0 Å². The van der Waals surface area contributed by atoms with Crippen molar-refractivity contribution in [3.63, 3.8) is 0 Å². The molecule has 0 aliphatic carbocycles. The van der Waals surface area contributed by atoms with Crippen LogP contribution in [-0.4, -0.2) is 36.8 Å². The number of thiocarbonyl (C=S) groups is 1. The van der Waals surface area contributed by atoms with Crippen LogP contribution >= 0.6 is 12.2 Å². The first-order valence-corrected chi connectivity index (χ1v) is 5.99. The normalized spacial score (nSPS) is 19.4. The minimum Gasteiger partial charge on any atom is -0.393 e. The molecule has 0 spiro atoms. The molecule has 1 heterocycles. The van der Waals surface area contributed by atoms with Crippen LogP contribution in [0.2, 0.25) is 0 Å². The lowest BCUT2D eigenvalue weighted by molar-refractivity contribution is 0.188. The average Bonchev–Trinajstić information content (AvgIpc) is 2.69. The van der Waals surface area contributed by atoms with Crippen molar-refractivity contribution in [3.8, 4) is 0 Å². The Bertz CT molecular complexity index is 242. The van der Waals surface area contributed by atoms with E-state index in [9.17, 15) is 4.79 Å². The Morgan fingerprint density at radius 3 is 2.94 bits per heavy atom. The zero-order valence-electron chi connectivity index (χ0n) is 9.33. The standard InChI is InChI=1S/C10H19N3O2S/c11-9(16)3-1-2-5-12-10(14)13-8-4-6-15-7-8/h8H,1-7H2,(H2,11,16)(H2,12,13,14).